The first-order chi connectivity index (χ1) is 18.6. The molecule has 39 heavy (non-hydrogen) atoms. The van der Waals surface area contributed by atoms with E-state index in [0.717, 1.165) is 54.9 Å². The third-order valence-electron chi connectivity index (χ3n) is 7.20. The summed E-state index contributed by atoms with van der Waals surface area (Å²) in [5.41, 5.74) is 2.00. The Labute approximate surface area is 225 Å². The van der Waals surface area contributed by atoms with Gasteiger partial charge in [-0.3, -0.25) is 14.2 Å². The van der Waals surface area contributed by atoms with E-state index in [1.165, 1.54) is 36.0 Å². The largest absolute Gasteiger partial charge is 0.420 e. The van der Waals surface area contributed by atoms with E-state index in [4.69, 9.17) is 4.42 Å². The molecule has 2 aromatic carbocycles. The lowest BCUT2D eigenvalue weighted by molar-refractivity contribution is 0.313. The van der Waals surface area contributed by atoms with Crippen molar-refractivity contribution in [2.75, 3.05) is 17.8 Å². The van der Waals surface area contributed by atoms with Crippen molar-refractivity contribution in [1.29, 1.82) is 0 Å². The molecule has 1 aliphatic heterocycles. The van der Waals surface area contributed by atoms with Gasteiger partial charge in [-0.2, -0.15) is 4.39 Å². The summed E-state index contributed by atoms with van der Waals surface area (Å²) in [6, 6.07) is 12.9. The Kier molecular flexibility index (Phi) is 7.55. The summed E-state index contributed by atoms with van der Waals surface area (Å²) in [6.45, 7) is 6.97. The Hall–Kier alpha value is -3.57. The van der Waals surface area contributed by atoms with Gasteiger partial charge in [0.05, 0.1) is 11.6 Å². The van der Waals surface area contributed by atoms with Gasteiger partial charge >= 0.3 is 5.76 Å². The molecule has 2 unspecified atom stereocenters. The van der Waals surface area contributed by atoms with Crippen LogP contribution in [0.25, 0.3) is 11.1 Å². The molecule has 1 N–H and O–H groups in total. The minimum Gasteiger partial charge on any atom is -0.408 e. The van der Waals surface area contributed by atoms with Crippen molar-refractivity contribution >= 4 is 26.9 Å². The number of hydrogen-bond donors (Lipinski definition) is 1. The molecule has 2 aromatic heterocycles. The van der Waals surface area contributed by atoms with Gasteiger partial charge < -0.3 is 4.42 Å². The highest BCUT2D eigenvalue weighted by molar-refractivity contribution is 7.92. The third kappa shape index (κ3) is 5.74. The van der Waals surface area contributed by atoms with Crippen molar-refractivity contribution in [2.24, 2.45) is 5.92 Å². The Balaban J connectivity index is 1.42. The van der Waals surface area contributed by atoms with Crippen LogP contribution >= 0.6 is 0 Å². The van der Waals surface area contributed by atoms with Crippen molar-refractivity contribution in [3.8, 4) is 0 Å². The fraction of sp³-hybridized carbons (Fsp3) is 0.357. The molecule has 3 heterocycles. The quantitative estimate of drug-likeness (QED) is 0.281. The number of likely N-dealkylation sites (tertiary alicyclic amines) is 1. The summed E-state index contributed by atoms with van der Waals surface area (Å²) < 4.78 is 62.9. The maximum Gasteiger partial charge on any atom is 0.420 e. The first-order valence-electron chi connectivity index (χ1n) is 13.0. The molecule has 1 aliphatic rings. The maximum atomic E-state index is 15.2. The number of fused-ring (bicyclic) bond motifs is 1. The number of anilines is 1. The van der Waals surface area contributed by atoms with Crippen LogP contribution in [0.4, 0.5) is 14.6 Å². The van der Waals surface area contributed by atoms with Gasteiger partial charge in [-0.1, -0.05) is 43.7 Å². The molecular formula is C28H30F2N4O4S. The number of rotatable bonds is 9. The third-order valence-corrected chi connectivity index (χ3v) is 8.57. The van der Waals surface area contributed by atoms with Crippen LogP contribution in [0.3, 0.4) is 0 Å². The number of oxazole rings is 1. The lowest BCUT2D eigenvalue weighted by Gasteiger charge is -2.18. The SMILES string of the molecule is CCCC1CCN(Cc2cccc(C(C)n3c(=O)oc4cc(S(=O)(=O)Nc5cccc(F)n5)c(F)cc43)c2)C1. The Morgan fingerprint density at radius 2 is 1.95 bits per heavy atom. The van der Waals surface area contributed by atoms with Gasteiger partial charge in [-0.25, -0.2) is 22.6 Å². The van der Waals surface area contributed by atoms with Crippen molar-refractivity contribution in [3.63, 3.8) is 0 Å². The molecule has 4 aromatic rings. The molecule has 8 nitrogen and oxygen atoms in total. The van der Waals surface area contributed by atoms with Crippen molar-refractivity contribution < 1.29 is 21.6 Å². The number of hydrogen-bond acceptors (Lipinski definition) is 6. The van der Waals surface area contributed by atoms with E-state index in [1.54, 1.807) is 0 Å². The lowest BCUT2D eigenvalue weighted by Crippen LogP contribution is -2.21. The highest BCUT2D eigenvalue weighted by Crippen LogP contribution is 2.29. The number of aromatic nitrogens is 2. The average molecular weight is 557 g/mol. The van der Waals surface area contributed by atoms with Gasteiger partial charge in [0, 0.05) is 25.2 Å². The van der Waals surface area contributed by atoms with Crippen LogP contribution in [0.15, 0.2) is 68.7 Å². The smallest absolute Gasteiger partial charge is 0.408 e. The van der Waals surface area contributed by atoms with E-state index < -0.39 is 38.5 Å². The van der Waals surface area contributed by atoms with E-state index in [-0.39, 0.29) is 16.9 Å². The van der Waals surface area contributed by atoms with Crippen LogP contribution in [0.5, 0.6) is 0 Å². The summed E-state index contributed by atoms with van der Waals surface area (Å²) in [5.74, 6) is -2.29. The van der Waals surface area contributed by atoms with Crippen LogP contribution in [0, 0.1) is 17.7 Å². The number of nitrogens with zero attached hydrogens (tertiary/aromatic N) is 3. The molecule has 1 saturated heterocycles. The van der Waals surface area contributed by atoms with E-state index >= 15 is 4.39 Å². The summed E-state index contributed by atoms with van der Waals surface area (Å²) in [6.07, 6.45) is 3.63. The Bertz CT molecular complexity index is 1670. The highest BCUT2D eigenvalue weighted by atomic mass is 32.2. The van der Waals surface area contributed by atoms with E-state index in [1.807, 2.05) is 29.8 Å². The predicted molar refractivity (Wildman–Crippen MR) is 144 cm³/mol. The predicted octanol–water partition coefficient (Wildman–Crippen LogP) is 5.30. The first-order valence-corrected chi connectivity index (χ1v) is 14.4. The standard InChI is InChI=1S/C28H30F2N4O4S/c1-3-6-19-11-12-33(16-19)17-20-7-4-8-21(13-20)18(2)34-23-14-22(29)25(15-24(23)38-28(34)35)39(36,37)32-27-10-5-9-26(30)31-27/h4-5,7-10,13-15,18-19H,3,6,11-12,16-17H2,1-2H3,(H,31,32). The molecule has 2 atom stereocenters. The van der Waals surface area contributed by atoms with E-state index in [2.05, 4.69) is 22.9 Å². The minimum atomic E-state index is -4.48. The van der Waals surface area contributed by atoms with Gasteiger partial charge in [0.2, 0.25) is 5.95 Å². The van der Waals surface area contributed by atoms with Gasteiger partial charge in [0.1, 0.15) is 16.5 Å². The normalized spacial score (nSPS) is 17.1. The molecule has 0 bridgehead atoms. The Morgan fingerprint density at radius 3 is 2.72 bits per heavy atom. The summed E-state index contributed by atoms with van der Waals surface area (Å²) >= 11 is 0. The fourth-order valence-electron chi connectivity index (χ4n) is 5.33. The zero-order valence-corrected chi connectivity index (χ0v) is 22.5. The fourth-order valence-corrected chi connectivity index (χ4v) is 6.40. The topological polar surface area (TPSA) is 97.4 Å². The van der Waals surface area contributed by atoms with Crippen LogP contribution in [0.1, 0.15) is 50.3 Å². The molecule has 0 amide bonds. The molecule has 206 valence electrons. The summed E-state index contributed by atoms with van der Waals surface area (Å²) in [7, 11) is -4.48. The minimum absolute atomic E-state index is 0.0870. The number of pyridine rings is 1. The van der Waals surface area contributed by atoms with Gasteiger partial charge in [0.15, 0.2) is 5.58 Å². The van der Waals surface area contributed by atoms with Gasteiger partial charge in [0.25, 0.3) is 10.0 Å². The Morgan fingerprint density at radius 1 is 1.15 bits per heavy atom. The molecule has 0 saturated carbocycles. The number of halogens is 2. The molecule has 0 aliphatic carbocycles. The van der Waals surface area contributed by atoms with Crippen molar-refractivity contribution in [1.82, 2.24) is 14.5 Å². The average Bonchev–Trinajstić information content (AvgIpc) is 3.45. The molecule has 0 radical (unpaired) electrons. The summed E-state index contributed by atoms with van der Waals surface area (Å²) in [4.78, 5) is 18.0. The second kappa shape index (κ2) is 10.9. The first kappa shape index (κ1) is 27.0. The maximum absolute atomic E-state index is 15.2. The molecule has 0 spiro atoms. The molecule has 5 rings (SSSR count). The van der Waals surface area contributed by atoms with Crippen molar-refractivity contribution in [2.45, 2.75) is 50.6 Å². The van der Waals surface area contributed by atoms with Crippen LogP contribution < -0.4 is 10.5 Å². The van der Waals surface area contributed by atoms with Gasteiger partial charge in [-0.05, 0) is 55.5 Å². The number of benzene rings is 2. The second-order valence-corrected chi connectivity index (χ2v) is 11.7. The summed E-state index contributed by atoms with van der Waals surface area (Å²) in [5, 5.41) is 0. The van der Waals surface area contributed by atoms with Crippen LogP contribution in [0.2, 0.25) is 0 Å². The van der Waals surface area contributed by atoms with Gasteiger partial charge in [-0.15, -0.1) is 0 Å². The lowest BCUT2D eigenvalue weighted by atomic mass is 10.0. The molecule has 1 fully saturated rings. The van der Waals surface area contributed by atoms with E-state index in [9.17, 15) is 17.6 Å². The number of sulfonamides is 1. The van der Waals surface area contributed by atoms with Crippen molar-refractivity contribution in [3.05, 3.63) is 88.0 Å². The zero-order valence-electron chi connectivity index (χ0n) is 21.7. The zero-order chi connectivity index (χ0) is 27.7. The molecule has 11 heteroatoms. The van der Waals surface area contributed by atoms with E-state index in [0.29, 0.717) is 0 Å². The van der Waals surface area contributed by atoms with Crippen LogP contribution in [-0.2, 0) is 16.6 Å². The van der Waals surface area contributed by atoms with Crippen LogP contribution in [-0.4, -0.2) is 36.0 Å². The highest BCUT2D eigenvalue weighted by Gasteiger charge is 2.26. The number of nitrogens with one attached hydrogen (secondary N) is 1. The second-order valence-electron chi connectivity index (χ2n) is 10.0. The monoisotopic (exact) mass is 556 g/mol. The molecular weight excluding hydrogens is 526 g/mol.